The number of imidazole rings is 1. The van der Waals surface area contributed by atoms with E-state index in [4.69, 9.17) is 0 Å². The van der Waals surface area contributed by atoms with Gasteiger partial charge in [0.1, 0.15) is 22.2 Å². The molecule has 29 heavy (non-hydrogen) atoms. The molecule has 0 atom stereocenters. The number of aromatic nitrogens is 3. The van der Waals surface area contributed by atoms with Gasteiger partial charge in [0.05, 0.1) is 12.0 Å². The summed E-state index contributed by atoms with van der Waals surface area (Å²) in [5, 5.41) is 8.79. The molecule has 1 aromatic carbocycles. The average molecular weight is 414 g/mol. The minimum absolute atomic E-state index is 0.161. The Labute approximate surface area is 173 Å². The maximum absolute atomic E-state index is 13.4. The number of amides is 1. The van der Waals surface area contributed by atoms with Crippen molar-refractivity contribution in [1.82, 2.24) is 25.2 Å². The Bertz CT molecular complexity index is 975. The zero-order valence-electron chi connectivity index (χ0n) is 16.3. The van der Waals surface area contributed by atoms with E-state index in [0.29, 0.717) is 18.3 Å². The van der Waals surface area contributed by atoms with Gasteiger partial charge in [0.2, 0.25) is 0 Å². The van der Waals surface area contributed by atoms with Gasteiger partial charge in [0.25, 0.3) is 5.91 Å². The van der Waals surface area contributed by atoms with Crippen molar-refractivity contribution in [2.45, 2.75) is 32.2 Å². The van der Waals surface area contributed by atoms with Gasteiger partial charge < -0.3 is 15.2 Å². The van der Waals surface area contributed by atoms with Crippen LogP contribution in [0.1, 0.15) is 42.7 Å². The van der Waals surface area contributed by atoms with Gasteiger partial charge in [-0.3, -0.25) is 4.79 Å². The van der Waals surface area contributed by atoms with Crippen LogP contribution in [0.4, 0.5) is 4.39 Å². The highest BCUT2D eigenvalue weighted by molar-refractivity contribution is 7.13. The number of thiazole rings is 1. The van der Waals surface area contributed by atoms with Crippen molar-refractivity contribution in [3.63, 3.8) is 0 Å². The Morgan fingerprint density at radius 3 is 2.79 bits per heavy atom. The summed E-state index contributed by atoms with van der Waals surface area (Å²) in [6.45, 7) is 4.55. The number of piperidine rings is 1. The molecule has 1 saturated heterocycles. The summed E-state index contributed by atoms with van der Waals surface area (Å²) in [6, 6.07) is 6.66. The van der Waals surface area contributed by atoms with Crippen molar-refractivity contribution in [1.29, 1.82) is 0 Å². The minimum Gasteiger partial charge on any atom is -0.351 e. The van der Waals surface area contributed by atoms with Crippen LogP contribution in [0.2, 0.25) is 0 Å². The Kier molecular flexibility index (Phi) is 6.01. The highest BCUT2D eigenvalue weighted by atomic mass is 32.1. The molecule has 0 unspecified atom stereocenters. The van der Waals surface area contributed by atoms with Crippen LogP contribution in [0, 0.1) is 5.82 Å². The highest BCUT2D eigenvalue weighted by Gasteiger charge is 2.25. The van der Waals surface area contributed by atoms with E-state index < -0.39 is 0 Å². The van der Waals surface area contributed by atoms with Crippen molar-refractivity contribution in [2.24, 2.45) is 0 Å². The fourth-order valence-electron chi connectivity index (χ4n) is 3.57. The minimum atomic E-state index is -0.280. The van der Waals surface area contributed by atoms with Gasteiger partial charge in [-0.15, -0.1) is 11.3 Å². The van der Waals surface area contributed by atoms with Crippen molar-refractivity contribution < 1.29 is 9.18 Å². The lowest BCUT2D eigenvalue weighted by Gasteiger charge is -2.25. The third kappa shape index (κ3) is 4.23. The fourth-order valence-corrected chi connectivity index (χ4v) is 4.42. The van der Waals surface area contributed by atoms with Gasteiger partial charge in [-0.05, 0) is 56.6 Å². The van der Waals surface area contributed by atoms with E-state index in [9.17, 15) is 9.18 Å². The van der Waals surface area contributed by atoms with Crippen LogP contribution in [0.3, 0.4) is 0 Å². The lowest BCUT2D eigenvalue weighted by atomic mass is 10.1. The summed E-state index contributed by atoms with van der Waals surface area (Å²) in [6.07, 6.45) is 4.73. The molecule has 2 aromatic heterocycles. The first-order chi connectivity index (χ1) is 14.2. The average Bonchev–Trinajstić information content (AvgIpc) is 3.40. The summed E-state index contributed by atoms with van der Waals surface area (Å²) in [5.74, 6) is -0.442. The molecule has 0 radical (unpaired) electrons. The number of rotatable bonds is 6. The van der Waals surface area contributed by atoms with Crippen LogP contribution in [-0.4, -0.2) is 40.1 Å². The van der Waals surface area contributed by atoms with Gasteiger partial charge in [0, 0.05) is 23.5 Å². The number of carbonyl (C=O) groups excluding carboxylic acids is 1. The van der Waals surface area contributed by atoms with Crippen molar-refractivity contribution in [2.75, 3.05) is 19.6 Å². The van der Waals surface area contributed by atoms with E-state index in [-0.39, 0.29) is 11.7 Å². The predicted molar refractivity (Wildman–Crippen MR) is 112 cm³/mol. The SMILES string of the molecule is CCCNC(=O)c1csc(-c2c(-c3ccc(F)cc3)ncn2C2CCNCC2)n1. The lowest BCUT2D eigenvalue weighted by molar-refractivity contribution is 0.0949. The molecule has 0 aliphatic carbocycles. The second-order valence-corrected chi connectivity index (χ2v) is 7.99. The molecule has 1 aliphatic heterocycles. The summed E-state index contributed by atoms with van der Waals surface area (Å²) < 4.78 is 15.6. The molecule has 1 fully saturated rings. The molecular weight excluding hydrogens is 389 g/mol. The normalized spacial score (nSPS) is 14.8. The number of benzene rings is 1. The molecule has 6 nitrogen and oxygen atoms in total. The molecule has 4 rings (SSSR count). The molecular formula is C21H24FN5OS. The molecule has 0 saturated carbocycles. The Morgan fingerprint density at radius 2 is 2.07 bits per heavy atom. The fraction of sp³-hybridized carbons (Fsp3) is 0.381. The molecule has 152 valence electrons. The van der Waals surface area contributed by atoms with Crippen molar-refractivity contribution in [3.05, 3.63) is 47.5 Å². The highest BCUT2D eigenvalue weighted by Crippen LogP contribution is 2.36. The van der Waals surface area contributed by atoms with Gasteiger partial charge >= 0.3 is 0 Å². The first kappa shape index (κ1) is 19.7. The summed E-state index contributed by atoms with van der Waals surface area (Å²) in [5.41, 5.74) is 2.91. The molecule has 3 aromatic rings. The van der Waals surface area contributed by atoms with Crippen molar-refractivity contribution in [3.8, 4) is 22.0 Å². The Morgan fingerprint density at radius 1 is 1.31 bits per heavy atom. The largest absolute Gasteiger partial charge is 0.351 e. The second-order valence-electron chi connectivity index (χ2n) is 7.13. The number of nitrogens with one attached hydrogen (secondary N) is 2. The third-order valence-electron chi connectivity index (χ3n) is 5.09. The van der Waals surface area contributed by atoms with Gasteiger partial charge in [0.15, 0.2) is 0 Å². The zero-order chi connectivity index (χ0) is 20.2. The number of nitrogens with zero attached hydrogens (tertiary/aromatic N) is 3. The molecule has 0 bridgehead atoms. The van der Waals surface area contributed by atoms with E-state index in [2.05, 4.69) is 25.2 Å². The summed E-state index contributed by atoms with van der Waals surface area (Å²) in [4.78, 5) is 21.6. The molecule has 2 N–H and O–H groups in total. The molecule has 0 spiro atoms. The summed E-state index contributed by atoms with van der Waals surface area (Å²) in [7, 11) is 0. The number of halogens is 1. The van der Waals surface area contributed by atoms with Crippen LogP contribution in [0.25, 0.3) is 22.0 Å². The number of carbonyl (C=O) groups is 1. The Hall–Kier alpha value is -2.58. The quantitative estimate of drug-likeness (QED) is 0.643. The molecule has 8 heteroatoms. The standard InChI is InChI=1S/C21H24FN5OS/c1-2-9-24-20(28)17-12-29-21(26-17)19-18(14-3-5-15(22)6-4-14)25-13-27(19)16-7-10-23-11-8-16/h3-6,12-13,16,23H,2,7-11H2,1H3,(H,24,28). The monoisotopic (exact) mass is 413 g/mol. The van der Waals surface area contributed by atoms with E-state index >= 15 is 0 Å². The van der Waals surface area contributed by atoms with Gasteiger partial charge in [-0.1, -0.05) is 6.92 Å². The summed E-state index contributed by atoms with van der Waals surface area (Å²) >= 11 is 1.44. The number of hydrogen-bond donors (Lipinski definition) is 2. The van der Waals surface area contributed by atoms with Crippen LogP contribution >= 0.6 is 11.3 Å². The zero-order valence-corrected chi connectivity index (χ0v) is 17.1. The van der Waals surface area contributed by atoms with Crippen LogP contribution in [0.5, 0.6) is 0 Å². The molecule has 3 heterocycles. The predicted octanol–water partition coefficient (Wildman–Crippen LogP) is 3.88. The molecule has 1 aliphatic rings. The van der Waals surface area contributed by atoms with Gasteiger partial charge in [-0.2, -0.15) is 0 Å². The first-order valence-corrected chi connectivity index (χ1v) is 10.8. The van der Waals surface area contributed by atoms with E-state index in [1.165, 1.54) is 23.5 Å². The van der Waals surface area contributed by atoms with E-state index in [1.54, 1.807) is 17.5 Å². The first-order valence-electron chi connectivity index (χ1n) is 9.95. The Balaban J connectivity index is 1.75. The van der Waals surface area contributed by atoms with Crippen LogP contribution in [-0.2, 0) is 0 Å². The van der Waals surface area contributed by atoms with Crippen LogP contribution in [0.15, 0.2) is 36.0 Å². The van der Waals surface area contributed by atoms with Crippen molar-refractivity contribution >= 4 is 17.2 Å². The van der Waals surface area contributed by atoms with E-state index in [1.807, 2.05) is 13.3 Å². The second kappa shape index (κ2) is 8.84. The van der Waals surface area contributed by atoms with E-state index in [0.717, 1.165) is 54.3 Å². The maximum Gasteiger partial charge on any atom is 0.270 e. The molecule has 1 amide bonds. The number of hydrogen-bond acceptors (Lipinski definition) is 5. The smallest absolute Gasteiger partial charge is 0.270 e. The maximum atomic E-state index is 13.4. The third-order valence-corrected chi connectivity index (χ3v) is 5.94. The van der Waals surface area contributed by atoms with Gasteiger partial charge in [-0.25, -0.2) is 14.4 Å². The lowest BCUT2D eigenvalue weighted by Crippen LogP contribution is -2.29. The van der Waals surface area contributed by atoms with Crippen LogP contribution < -0.4 is 10.6 Å². The topological polar surface area (TPSA) is 71.8 Å².